The molecule has 0 unspecified atom stereocenters. The van der Waals surface area contributed by atoms with Crippen LogP contribution in [0.4, 0.5) is 10.2 Å². The fourth-order valence-corrected chi connectivity index (χ4v) is 2.67. The summed E-state index contributed by atoms with van der Waals surface area (Å²) in [5.74, 6) is 0.00460. The highest BCUT2D eigenvalue weighted by atomic mass is 127. The zero-order valence-electron chi connectivity index (χ0n) is 10.7. The van der Waals surface area contributed by atoms with Crippen LogP contribution in [-0.2, 0) is 0 Å². The van der Waals surface area contributed by atoms with Crippen LogP contribution in [0, 0.1) is 9.39 Å². The molecular weight excluding hydrogens is 404 g/mol. The molecule has 0 spiro atoms. The average Bonchev–Trinajstić information content (AvgIpc) is 2.84. The van der Waals surface area contributed by atoms with E-state index in [-0.39, 0.29) is 5.82 Å². The van der Waals surface area contributed by atoms with Crippen LogP contribution in [0.2, 0.25) is 5.02 Å². The number of nitrogens with one attached hydrogen (secondary N) is 1. The first kappa shape index (κ1) is 14.3. The Bertz CT molecular complexity index is 816. The van der Waals surface area contributed by atoms with Crippen LogP contribution in [0.15, 0.2) is 42.5 Å². The van der Waals surface area contributed by atoms with Crippen molar-refractivity contribution in [3.8, 4) is 22.4 Å². The number of hydrogen-bond acceptors (Lipinski definition) is 2. The van der Waals surface area contributed by atoms with E-state index < -0.39 is 0 Å². The highest BCUT2D eigenvalue weighted by Gasteiger charge is 2.16. The van der Waals surface area contributed by atoms with Gasteiger partial charge in [-0.1, -0.05) is 29.8 Å². The van der Waals surface area contributed by atoms with E-state index in [4.69, 9.17) is 17.3 Å². The van der Waals surface area contributed by atoms with Gasteiger partial charge in [0.2, 0.25) is 0 Å². The highest BCUT2D eigenvalue weighted by molar-refractivity contribution is 14.1. The Labute approximate surface area is 139 Å². The molecule has 0 amide bonds. The molecule has 0 bridgehead atoms. The molecule has 0 aliphatic rings. The Kier molecular flexibility index (Phi) is 3.86. The van der Waals surface area contributed by atoms with Crippen LogP contribution >= 0.6 is 34.2 Å². The standard InChI is InChI=1S/C15H10ClFIN3/c16-11-7-9(4-5-12(11)18)14-13(15(19)21-20-14)8-2-1-3-10(17)6-8/h1-7H,(H3,19,20,21). The van der Waals surface area contributed by atoms with Gasteiger partial charge in [-0.3, -0.25) is 5.10 Å². The van der Waals surface area contributed by atoms with E-state index in [0.717, 1.165) is 14.8 Å². The summed E-state index contributed by atoms with van der Waals surface area (Å²) in [6.45, 7) is 0. The lowest BCUT2D eigenvalue weighted by atomic mass is 10.0. The molecule has 106 valence electrons. The molecule has 6 heteroatoms. The Morgan fingerprint density at radius 2 is 1.95 bits per heavy atom. The first-order chi connectivity index (χ1) is 10.1. The number of nitrogen functional groups attached to an aromatic ring is 1. The largest absolute Gasteiger partial charge is 0.382 e. The minimum Gasteiger partial charge on any atom is -0.382 e. The maximum Gasteiger partial charge on any atom is 0.153 e. The van der Waals surface area contributed by atoms with Crippen molar-refractivity contribution in [3.63, 3.8) is 0 Å². The third-order valence-electron chi connectivity index (χ3n) is 3.12. The van der Waals surface area contributed by atoms with Gasteiger partial charge < -0.3 is 5.73 Å². The second-order valence-electron chi connectivity index (χ2n) is 4.50. The third-order valence-corrected chi connectivity index (χ3v) is 4.69. The zero-order valence-corrected chi connectivity index (χ0v) is 13.6. The Morgan fingerprint density at radius 3 is 2.67 bits per heavy atom. The smallest absolute Gasteiger partial charge is 0.153 e. The summed E-state index contributed by atoms with van der Waals surface area (Å²) in [7, 11) is 0. The number of H-pyrrole nitrogens is 1. The SMILES string of the molecule is Nc1n[nH]c(-c2ccc(I)c(Cl)c2)c1-c1cccc(F)c1. The van der Waals surface area contributed by atoms with Crippen molar-refractivity contribution in [1.29, 1.82) is 0 Å². The topological polar surface area (TPSA) is 54.7 Å². The van der Waals surface area contributed by atoms with Gasteiger partial charge in [0, 0.05) is 9.13 Å². The molecule has 2 aromatic carbocycles. The monoisotopic (exact) mass is 413 g/mol. The molecule has 0 aliphatic heterocycles. The molecule has 0 saturated carbocycles. The van der Waals surface area contributed by atoms with Crippen LogP contribution < -0.4 is 5.73 Å². The number of anilines is 1. The van der Waals surface area contributed by atoms with Gasteiger partial charge in [0.25, 0.3) is 0 Å². The predicted octanol–water partition coefficient (Wildman–Crippen LogP) is 4.72. The fraction of sp³-hybridized carbons (Fsp3) is 0. The Balaban J connectivity index is 2.19. The quantitative estimate of drug-likeness (QED) is 0.597. The minimum absolute atomic E-state index is 0.320. The lowest BCUT2D eigenvalue weighted by Gasteiger charge is -2.06. The van der Waals surface area contributed by atoms with Crippen molar-refractivity contribution in [3.05, 3.63) is 56.9 Å². The molecule has 3 aromatic rings. The van der Waals surface area contributed by atoms with Crippen LogP contribution in [-0.4, -0.2) is 10.2 Å². The van der Waals surface area contributed by atoms with E-state index in [1.54, 1.807) is 12.1 Å². The van der Waals surface area contributed by atoms with E-state index in [1.807, 2.05) is 18.2 Å². The first-order valence-electron chi connectivity index (χ1n) is 6.11. The van der Waals surface area contributed by atoms with Crippen molar-refractivity contribution in [2.45, 2.75) is 0 Å². The molecule has 0 atom stereocenters. The summed E-state index contributed by atoms with van der Waals surface area (Å²) in [5, 5.41) is 7.58. The summed E-state index contributed by atoms with van der Waals surface area (Å²) in [6.07, 6.45) is 0. The minimum atomic E-state index is -0.320. The molecule has 3 rings (SSSR count). The lowest BCUT2D eigenvalue weighted by molar-refractivity contribution is 0.628. The zero-order chi connectivity index (χ0) is 15.0. The van der Waals surface area contributed by atoms with Crippen LogP contribution in [0.1, 0.15) is 0 Å². The van der Waals surface area contributed by atoms with Crippen LogP contribution in [0.5, 0.6) is 0 Å². The second kappa shape index (κ2) is 5.65. The molecule has 0 aliphatic carbocycles. The molecule has 1 heterocycles. The molecule has 3 nitrogen and oxygen atoms in total. The summed E-state index contributed by atoms with van der Waals surface area (Å²) >= 11 is 8.32. The maximum absolute atomic E-state index is 13.4. The third kappa shape index (κ3) is 2.75. The van der Waals surface area contributed by atoms with Gasteiger partial charge in [-0.05, 0) is 52.4 Å². The van der Waals surface area contributed by atoms with Crippen molar-refractivity contribution in [1.82, 2.24) is 10.2 Å². The molecule has 0 fully saturated rings. The molecule has 21 heavy (non-hydrogen) atoms. The molecule has 3 N–H and O–H groups in total. The second-order valence-corrected chi connectivity index (χ2v) is 6.07. The van der Waals surface area contributed by atoms with Crippen LogP contribution in [0.25, 0.3) is 22.4 Å². The van der Waals surface area contributed by atoms with Gasteiger partial charge in [0.1, 0.15) is 5.82 Å². The van der Waals surface area contributed by atoms with Crippen molar-refractivity contribution >= 4 is 40.0 Å². The molecule has 0 radical (unpaired) electrons. The molecule has 1 aromatic heterocycles. The van der Waals surface area contributed by atoms with Gasteiger partial charge >= 0.3 is 0 Å². The van der Waals surface area contributed by atoms with E-state index in [1.165, 1.54) is 12.1 Å². The van der Waals surface area contributed by atoms with Gasteiger partial charge in [0.15, 0.2) is 5.82 Å². The average molecular weight is 414 g/mol. The van der Waals surface area contributed by atoms with E-state index in [0.29, 0.717) is 22.0 Å². The Hall–Kier alpha value is -1.60. The van der Waals surface area contributed by atoms with E-state index in [2.05, 4.69) is 32.8 Å². The van der Waals surface area contributed by atoms with Crippen LogP contribution in [0.3, 0.4) is 0 Å². The van der Waals surface area contributed by atoms with Gasteiger partial charge in [0.05, 0.1) is 16.3 Å². The summed E-state index contributed by atoms with van der Waals surface area (Å²) in [4.78, 5) is 0. The van der Waals surface area contributed by atoms with Gasteiger partial charge in [-0.15, -0.1) is 0 Å². The first-order valence-corrected chi connectivity index (χ1v) is 7.57. The highest BCUT2D eigenvalue weighted by Crippen LogP contribution is 2.36. The Morgan fingerprint density at radius 1 is 1.14 bits per heavy atom. The maximum atomic E-state index is 13.4. The normalized spacial score (nSPS) is 10.8. The molecule has 0 saturated heterocycles. The summed E-state index contributed by atoms with van der Waals surface area (Å²) in [5.41, 5.74) is 8.84. The number of halogens is 3. The fourth-order valence-electron chi connectivity index (χ4n) is 2.15. The number of hydrogen-bond donors (Lipinski definition) is 2. The van der Waals surface area contributed by atoms with Gasteiger partial charge in [-0.25, -0.2) is 4.39 Å². The summed E-state index contributed by atoms with van der Waals surface area (Å²) in [6, 6.07) is 11.9. The van der Waals surface area contributed by atoms with Crippen molar-refractivity contribution in [2.75, 3.05) is 5.73 Å². The van der Waals surface area contributed by atoms with Crippen molar-refractivity contribution in [2.24, 2.45) is 0 Å². The van der Waals surface area contributed by atoms with Crippen molar-refractivity contribution < 1.29 is 4.39 Å². The number of rotatable bonds is 2. The number of aromatic amines is 1. The van der Waals surface area contributed by atoms with E-state index >= 15 is 0 Å². The lowest BCUT2D eigenvalue weighted by Crippen LogP contribution is -1.89. The number of benzene rings is 2. The van der Waals surface area contributed by atoms with Gasteiger partial charge in [-0.2, -0.15) is 5.10 Å². The number of nitrogens with two attached hydrogens (primary N) is 1. The number of nitrogens with zero attached hydrogens (tertiary/aromatic N) is 1. The molecular formula is C15H10ClFIN3. The summed E-state index contributed by atoms with van der Waals surface area (Å²) < 4.78 is 14.4. The number of aromatic nitrogens is 2. The predicted molar refractivity (Wildman–Crippen MR) is 91.6 cm³/mol. The van der Waals surface area contributed by atoms with E-state index in [9.17, 15) is 4.39 Å².